The lowest BCUT2D eigenvalue weighted by Gasteiger charge is -2.28. The number of rotatable bonds is 1. The van der Waals surface area contributed by atoms with Gasteiger partial charge in [0.05, 0.1) is 0 Å². The summed E-state index contributed by atoms with van der Waals surface area (Å²) in [6.07, 6.45) is 9.23. The van der Waals surface area contributed by atoms with Crippen molar-refractivity contribution in [3.8, 4) is 0 Å². The normalized spacial score (nSPS) is 53.8. The SMILES string of the molecule is CNC1CC2CC3CC(C2)C(C3)C1. The van der Waals surface area contributed by atoms with Crippen LogP contribution in [0.5, 0.6) is 0 Å². The molecule has 0 saturated heterocycles. The summed E-state index contributed by atoms with van der Waals surface area (Å²) in [6, 6.07) is 0.846. The summed E-state index contributed by atoms with van der Waals surface area (Å²) >= 11 is 0. The van der Waals surface area contributed by atoms with Crippen LogP contribution in [0.2, 0.25) is 0 Å². The van der Waals surface area contributed by atoms with E-state index >= 15 is 0 Å². The van der Waals surface area contributed by atoms with Gasteiger partial charge in [0.1, 0.15) is 0 Å². The van der Waals surface area contributed by atoms with Crippen LogP contribution in [0.25, 0.3) is 0 Å². The average Bonchev–Trinajstić information content (AvgIpc) is 2.32. The summed E-state index contributed by atoms with van der Waals surface area (Å²) in [6.45, 7) is 0. The quantitative estimate of drug-likeness (QED) is 0.652. The fourth-order valence-electron chi connectivity index (χ4n) is 4.40. The van der Waals surface area contributed by atoms with Crippen LogP contribution in [0, 0.1) is 23.7 Å². The van der Waals surface area contributed by atoms with E-state index in [0.29, 0.717) is 0 Å². The minimum Gasteiger partial charge on any atom is -0.317 e. The maximum absolute atomic E-state index is 3.51. The van der Waals surface area contributed by atoms with E-state index in [1.165, 1.54) is 12.8 Å². The molecule has 5 atom stereocenters. The maximum Gasteiger partial charge on any atom is 0.00694 e. The third-order valence-corrected chi connectivity index (χ3v) is 4.85. The third-order valence-electron chi connectivity index (χ3n) is 4.85. The Labute approximate surface area is 81.3 Å². The first-order valence-electron chi connectivity index (χ1n) is 6.02. The summed E-state index contributed by atoms with van der Waals surface area (Å²) in [4.78, 5) is 0. The fourth-order valence-corrected chi connectivity index (χ4v) is 4.40. The molecule has 13 heavy (non-hydrogen) atoms. The van der Waals surface area contributed by atoms with Crippen molar-refractivity contribution in [3.63, 3.8) is 0 Å². The Kier molecular flexibility index (Phi) is 1.90. The number of fused-ring (bicyclic) bond motifs is 2. The molecule has 3 bridgehead atoms. The molecule has 74 valence electrons. The second kappa shape index (κ2) is 2.98. The van der Waals surface area contributed by atoms with Crippen LogP contribution in [0.1, 0.15) is 38.5 Å². The highest BCUT2D eigenvalue weighted by Crippen LogP contribution is 2.53. The van der Waals surface area contributed by atoms with E-state index in [-0.39, 0.29) is 0 Å². The molecule has 3 aliphatic rings. The second-order valence-corrected chi connectivity index (χ2v) is 5.65. The van der Waals surface area contributed by atoms with E-state index in [0.717, 1.165) is 29.7 Å². The molecule has 0 heterocycles. The van der Waals surface area contributed by atoms with Crippen molar-refractivity contribution in [1.82, 2.24) is 5.32 Å². The predicted octanol–water partition coefficient (Wildman–Crippen LogP) is 2.42. The molecule has 5 unspecified atom stereocenters. The standard InChI is InChI=1S/C12H21N/c1-13-12-6-9-2-8-3-10(5-9)11(4-8)7-12/h8-13H,2-7H2,1H3. The zero-order valence-corrected chi connectivity index (χ0v) is 8.63. The van der Waals surface area contributed by atoms with E-state index in [1.54, 1.807) is 25.7 Å². The van der Waals surface area contributed by atoms with E-state index in [1.807, 2.05) is 0 Å². The molecular formula is C12H21N. The molecule has 0 radical (unpaired) electrons. The van der Waals surface area contributed by atoms with E-state index < -0.39 is 0 Å². The molecule has 3 rings (SSSR count). The van der Waals surface area contributed by atoms with Crippen molar-refractivity contribution >= 4 is 0 Å². The second-order valence-electron chi connectivity index (χ2n) is 5.65. The molecule has 0 spiro atoms. The molecular weight excluding hydrogens is 158 g/mol. The minimum atomic E-state index is 0.846. The van der Waals surface area contributed by atoms with Crippen molar-refractivity contribution in [1.29, 1.82) is 0 Å². The van der Waals surface area contributed by atoms with Crippen molar-refractivity contribution in [2.75, 3.05) is 7.05 Å². The van der Waals surface area contributed by atoms with Gasteiger partial charge in [-0.25, -0.2) is 0 Å². The summed E-state index contributed by atoms with van der Waals surface area (Å²) in [5, 5.41) is 3.51. The number of hydrogen-bond donors (Lipinski definition) is 1. The van der Waals surface area contributed by atoms with Gasteiger partial charge in [-0.1, -0.05) is 0 Å². The Bertz CT molecular complexity index is 199. The van der Waals surface area contributed by atoms with Gasteiger partial charge in [-0.15, -0.1) is 0 Å². The Morgan fingerprint density at radius 2 is 1.38 bits per heavy atom. The topological polar surface area (TPSA) is 12.0 Å². The Balaban J connectivity index is 1.82. The van der Waals surface area contributed by atoms with Crippen LogP contribution in [0.15, 0.2) is 0 Å². The first-order valence-corrected chi connectivity index (χ1v) is 6.02. The summed E-state index contributed by atoms with van der Waals surface area (Å²) in [5.74, 6) is 4.43. The van der Waals surface area contributed by atoms with E-state index in [4.69, 9.17) is 0 Å². The summed E-state index contributed by atoms with van der Waals surface area (Å²) in [7, 11) is 2.15. The van der Waals surface area contributed by atoms with Crippen LogP contribution in [0.4, 0.5) is 0 Å². The fraction of sp³-hybridized carbons (Fsp3) is 1.00. The maximum atomic E-state index is 3.51. The summed E-state index contributed by atoms with van der Waals surface area (Å²) < 4.78 is 0. The number of nitrogens with one attached hydrogen (secondary N) is 1. The molecule has 3 saturated carbocycles. The Morgan fingerprint density at radius 1 is 0.769 bits per heavy atom. The molecule has 3 aliphatic carbocycles. The van der Waals surface area contributed by atoms with E-state index in [9.17, 15) is 0 Å². The lowest BCUT2D eigenvalue weighted by Crippen LogP contribution is -2.29. The van der Waals surface area contributed by atoms with Gasteiger partial charge in [-0.2, -0.15) is 0 Å². The minimum absolute atomic E-state index is 0.846. The van der Waals surface area contributed by atoms with Crippen LogP contribution in [0.3, 0.4) is 0 Å². The first-order chi connectivity index (χ1) is 6.35. The highest BCUT2D eigenvalue weighted by molar-refractivity contribution is 4.96. The van der Waals surface area contributed by atoms with Gasteiger partial charge in [0.2, 0.25) is 0 Å². The lowest BCUT2D eigenvalue weighted by molar-refractivity contribution is 0.246. The van der Waals surface area contributed by atoms with Crippen molar-refractivity contribution in [3.05, 3.63) is 0 Å². The molecule has 0 aromatic rings. The predicted molar refractivity (Wildman–Crippen MR) is 54.5 cm³/mol. The van der Waals surface area contributed by atoms with Crippen LogP contribution in [-0.4, -0.2) is 13.1 Å². The van der Waals surface area contributed by atoms with Gasteiger partial charge < -0.3 is 5.32 Å². The smallest absolute Gasteiger partial charge is 0.00694 e. The Hall–Kier alpha value is -0.0400. The van der Waals surface area contributed by atoms with Gasteiger partial charge in [0.15, 0.2) is 0 Å². The lowest BCUT2D eigenvalue weighted by atomic mass is 9.79. The van der Waals surface area contributed by atoms with Gasteiger partial charge in [0.25, 0.3) is 0 Å². The molecule has 0 aliphatic heterocycles. The third kappa shape index (κ3) is 1.32. The van der Waals surface area contributed by atoms with Crippen molar-refractivity contribution in [2.24, 2.45) is 23.7 Å². The molecule has 0 amide bonds. The molecule has 0 aromatic heterocycles. The van der Waals surface area contributed by atoms with Crippen LogP contribution >= 0.6 is 0 Å². The van der Waals surface area contributed by atoms with Crippen molar-refractivity contribution in [2.45, 2.75) is 44.6 Å². The largest absolute Gasteiger partial charge is 0.317 e. The molecule has 1 heteroatoms. The molecule has 1 N–H and O–H groups in total. The zero-order chi connectivity index (χ0) is 8.84. The first kappa shape index (κ1) is 8.28. The monoisotopic (exact) mass is 179 g/mol. The molecule has 0 aromatic carbocycles. The number of hydrogen-bond acceptors (Lipinski definition) is 1. The van der Waals surface area contributed by atoms with Gasteiger partial charge in [-0.05, 0) is 69.2 Å². The Morgan fingerprint density at radius 3 is 2.08 bits per heavy atom. The zero-order valence-electron chi connectivity index (χ0n) is 8.63. The van der Waals surface area contributed by atoms with Crippen LogP contribution in [-0.2, 0) is 0 Å². The highest BCUT2D eigenvalue weighted by Gasteiger charge is 2.44. The highest BCUT2D eigenvalue weighted by atomic mass is 14.9. The molecule has 1 nitrogen and oxygen atoms in total. The average molecular weight is 179 g/mol. The summed E-state index contributed by atoms with van der Waals surface area (Å²) in [5.41, 5.74) is 0. The van der Waals surface area contributed by atoms with E-state index in [2.05, 4.69) is 12.4 Å². The molecule has 3 fully saturated rings. The van der Waals surface area contributed by atoms with Crippen LogP contribution < -0.4 is 5.32 Å². The van der Waals surface area contributed by atoms with Crippen molar-refractivity contribution < 1.29 is 0 Å². The van der Waals surface area contributed by atoms with Gasteiger partial charge >= 0.3 is 0 Å². The van der Waals surface area contributed by atoms with Gasteiger partial charge in [-0.3, -0.25) is 0 Å². The van der Waals surface area contributed by atoms with Gasteiger partial charge in [0, 0.05) is 6.04 Å².